The smallest absolute Gasteiger partial charge is 0.337 e. The van der Waals surface area contributed by atoms with Crippen molar-refractivity contribution in [2.75, 3.05) is 7.11 Å². The van der Waals surface area contributed by atoms with E-state index in [4.69, 9.17) is 14.4 Å². The summed E-state index contributed by atoms with van der Waals surface area (Å²) in [4.78, 5) is 29.8. The molecule has 0 radical (unpaired) electrons. The van der Waals surface area contributed by atoms with Gasteiger partial charge in [-0.25, -0.2) is 9.78 Å². The summed E-state index contributed by atoms with van der Waals surface area (Å²) >= 11 is 1.37. The van der Waals surface area contributed by atoms with Crippen LogP contribution in [-0.4, -0.2) is 22.6 Å². The van der Waals surface area contributed by atoms with Crippen molar-refractivity contribution in [1.29, 1.82) is 5.26 Å². The maximum atomic E-state index is 13.2. The van der Waals surface area contributed by atoms with E-state index in [0.29, 0.717) is 38.7 Å². The van der Waals surface area contributed by atoms with Crippen molar-refractivity contribution in [2.24, 2.45) is 0 Å². The summed E-state index contributed by atoms with van der Waals surface area (Å²) in [5.74, 6) is 0.649. The second kappa shape index (κ2) is 8.90. The van der Waals surface area contributed by atoms with Crippen LogP contribution in [0.25, 0.3) is 10.9 Å². The van der Waals surface area contributed by atoms with E-state index in [-0.39, 0.29) is 12.1 Å². The predicted octanol–water partition coefficient (Wildman–Crippen LogP) is 3.99. The molecule has 2 aromatic carbocycles. The molecule has 0 amide bonds. The van der Waals surface area contributed by atoms with Crippen LogP contribution in [-0.2, 0) is 17.0 Å². The van der Waals surface area contributed by atoms with Crippen LogP contribution < -0.4 is 5.56 Å². The number of esters is 1. The third-order valence-corrected chi connectivity index (χ3v) is 5.71. The Bertz CT molecular complexity index is 1350. The maximum absolute atomic E-state index is 13.2. The molecule has 2 aromatic heterocycles. The van der Waals surface area contributed by atoms with Gasteiger partial charge in [0.05, 0.1) is 48.0 Å². The highest BCUT2D eigenvalue weighted by Gasteiger charge is 2.15. The quantitative estimate of drug-likeness (QED) is 0.259. The summed E-state index contributed by atoms with van der Waals surface area (Å²) in [6.45, 7) is 0.230. The minimum absolute atomic E-state index is 0.230. The predicted molar refractivity (Wildman–Crippen MR) is 116 cm³/mol. The molecular weight excluding hydrogens is 414 g/mol. The van der Waals surface area contributed by atoms with Crippen LogP contribution >= 0.6 is 11.8 Å². The Labute approximate surface area is 181 Å². The van der Waals surface area contributed by atoms with E-state index in [2.05, 4.69) is 11.1 Å². The molecule has 0 N–H and O–H groups in total. The van der Waals surface area contributed by atoms with Crippen LogP contribution in [0.2, 0.25) is 0 Å². The lowest BCUT2D eigenvalue weighted by Gasteiger charge is -2.13. The maximum Gasteiger partial charge on any atom is 0.337 e. The van der Waals surface area contributed by atoms with Crippen LogP contribution in [0.15, 0.2) is 75.2 Å². The molecule has 2 heterocycles. The molecule has 0 bridgehead atoms. The normalized spacial score (nSPS) is 10.7. The second-order valence-corrected chi connectivity index (χ2v) is 7.63. The summed E-state index contributed by atoms with van der Waals surface area (Å²) in [6, 6.07) is 17.7. The Morgan fingerprint density at radius 2 is 2.10 bits per heavy atom. The third-order valence-electron chi connectivity index (χ3n) is 4.66. The van der Waals surface area contributed by atoms with Crippen LogP contribution in [0.4, 0.5) is 0 Å². The minimum atomic E-state index is -0.494. The zero-order valence-electron chi connectivity index (χ0n) is 16.6. The van der Waals surface area contributed by atoms with Crippen LogP contribution in [0.3, 0.4) is 0 Å². The number of carbonyl (C=O) groups excluding carboxylic acids is 1. The summed E-state index contributed by atoms with van der Waals surface area (Å²) in [5, 5.41) is 10.0. The van der Waals surface area contributed by atoms with Crippen LogP contribution in [0.5, 0.6) is 0 Å². The first-order valence-corrected chi connectivity index (χ1v) is 10.3. The summed E-state index contributed by atoms with van der Waals surface area (Å²) in [6.07, 6.45) is 1.55. The number of methoxy groups -OCH3 is 1. The summed E-state index contributed by atoms with van der Waals surface area (Å²) in [7, 11) is 1.30. The molecule has 4 rings (SSSR count). The van der Waals surface area contributed by atoms with E-state index < -0.39 is 5.97 Å². The number of nitrogens with zero attached hydrogens (tertiary/aromatic N) is 3. The zero-order valence-corrected chi connectivity index (χ0v) is 17.4. The lowest BCUT2D eigenvalue weighted by molar-refractivity contribution is 0.0601. The average molecular weight is 431 g/mol. The van der Waals surface area contributed by atoms with Gasteiger partial charge in [0, 0.05) is 5.75 Å². The molecule has 0 saturated carbocycles. The fraction of sp³-hybridized carbons (Fsp3) is 0.130. The van der Waals surface area contributed by atoms with Gasteiger partial charge in [-0.2, -0.15) is 5.26 Å². The topological polar surface area (TPSA) is 98.1 Å². The molecule has 0 aliphatic rings. The zero-order chi connectivity index (χ0) is 21.8. The van der Waals surface area contributed by atoms with Crippen molar-refractivity contribution in [1.82, 2.24) is 9.55 Å². The van der Waals surface area contributed by atoms with Crippen molar-refractivity contribution in [3.05, 3.63) is 93.7 Å². The lowest BCUT2D eigenvalue weighted by atomic mass is 10.1. The molecule has 0 spiro atoms. The molecular formula is C23H17N3O4S. The van der Waals surface area contributed by atoms with E-state index >= 15 is 0 Å². The number of furan rings is 1. The monoisotopic (exact) mass is 431 g/mol. The van der Waals surface area contributed by atoms with Gasteiger partial charge >= 0.3 is 5.97 Å². The molecule has 0 aliphatic heterocycles. The Kier molecular flexibility index (Phi) is 5.87. The number of hydrogen-bond acceptors (Lipinski definition) is 7. The van der Waals surface area contributed by atoms with Gasteiger partial charge < -0.3 is 9.15 Å². The molecule has 154 valence electrons. The highest BCUT2D eigenvalue weighted by molar-refractivity contribution is 7.98. The van der Waals surface area contributed by atoms with Gasteiger partial charge in [-0.3, -0.25) is 9.36 Å². The number of hydrogen-bond donors (Lipinski definition) is 0. The van der Waals surface area contributed by atoms with Gasteiger partial charge in [0.2, 0.25) is 0 Å². The van der Waals surface area contributed by atoms with Crippen molar-refractivity contribution < 1.29 is 13.9 Å². The van der Waals surface area contributed by atoms with Crippen molar-refractivity contribution in [3.8, 4) is 6.07 Å². The molecule has 0 aliphatic carbocycles. The standard InChI is InChI=1S/C23H17N3O4S/c1-29-22(28)17-7-8-19-20(11-17)25-23(26(21(19)27)13-18-6-3-9-30-18)31-14-16-5-2-4-15(10-16)12-24/h2-11H,13-14H2,1H3. The first-order chi connectivity index (χ1) is 15.1. The third kappa shape index (κ3) is 4.37. The molecule has 7 nitrogen and oxygen atoms in total. The number of benzene rings is 2. The molecule has 8 heteroatoms. The number of carbonyl (C=O) groups is 1. The van der Waals surface area contributed by atoms with E-state index in [1.165, 1.54) is 18.9 Å². The molecule has 31 heavy (non-hydrogen) atoms. The average Bonchev–Trinajstić information content (AvgIpc) is 3.32. The summed E-state index contributed by atoms with van der Waals surface area (Å²) < 4.78 is 11.7. The van der Waals surface area contributed by atoms with Gasteiger partial charge in [-0.1, -0.05) is 23.9 Å². The molecule has 0 saturated heterocycles. The Morgan fingerprint density at radius 3 is 2.84 bits per heavy atom. The van der Waals surface area contributed by atoms with Crippen molar-refractivity contribution in [2.45, 2.75) is 17.5 Å². The number of fused-ring (bicyclic) bond motifs is 1. The molecule has 0 atom stereocenters. The number of ether oxygens (including phenoxy) is 1. The van der Waals surface area contributed by atoms with E-state index in [9.17, 15) is 9.59 Å². The van der Waals surface area contributed by atoms with Gasteiger partial charge in [-0.05, 0) is 48.0 Å². The van der Waals surface area contributed by atoms with Gasteiger partial charge in [0.15, 0.2) is 5.16 Å². The van der Waals surface area contributed by atoms with Crippen LogP contribution in [0, 0.1) is 11.3 Å². The first-order valence-electron chi connectivity index (χ1n) is 9.36. The fourth-order valence-electron chi connectivity index (χ4n) is 3.13. The molecule has 0 unspecified atom stereocenters. The number of nitriles is 1. The second-order valence-electron chi connectivity index (χ2n) is 6.69. The summed E-state index contributed by atoms with van der Waals surface area (Å²) in [5.41, 5.74) is 2.01. The van der Waals surface area contributed by atoms with Crippen molar-refractivity contribution >= 4 is 28.6 Å². The van der Waals surface area contributed by atoms with Crippen molar-refractivity contribution in [3.63, 3.8) is 0 Å². The Hall–Kier alpha value is -3.83. The fourth-order valence-corrected chi connectivity index (χ4v) is 4.07. The van der Waals surface area contributed by atoms with Gasteiger partial charge in [-0.15, -0.1) is 0 Å². The lowest BCUT2D eigenvalue weighted by Crippen LogP contribution is -2.24. The minimum Gasteiger partial charge on any atom is -0.467 e. The van der Waals surface area contributed by atoms with E-state index in [1.54, 1.807) is 53.3 Å². The SMILES string of the molecule is COC(=O)c1ccc2c(=O)n(Cc3ccco3)c(SCc3cccc(C#N)c3)nc2c1. The van der Waals surface area contributed by atoms with E-state index in [0.717, 1.165) is 5.56 Å². The Balaban J connectivity index is 1.77. The Morgan fingerprint density at radius 1 is 1.23 bits per heavy atom. The van der Waals surface area contributed by atoms with Gasteiger partial charge in [0.25, 0.3) is 5.56 Å². The molecule has 4 aromatic rings. The molecule has 0 fully saturated rings. The number of aromatic nitrogens is 2. The first kappa shape index (κ1) is 20.4. The van der Waals surface area contributed by atoms with E-state index in [1.807, 2.05) is 12.1 Å². The largest absolute Gasteiger partial charge is 0.467 e. The number of rotatable bonds is 6. The van der Waals surface area contributed by atoms with Crippen LogP contribution in [0.1, 0.15) is 27.2 Å². The highest BCUT2D eigenvalue weighted by Crippen LogP contribution is 2.24. The van der Waals surface area contributed by atoms with Gasteiger partial charge in [0.1, 0.15) is 5.76 Å². The highest BCUT2D eigenvalue weighted by atomic mass is 32.2. The number of thioether (sulfide) groups is 1.